The molecule has 1 aliphatic heterocycles. The Kier molecular flexibility index (Phi) is 4.66. The van der Waals surface area contributed by atoms with Gasteiger partial charge in [0.25, 0.3) is 0 Å². The predicted molar refractivity (Wildman–Crippen MR) is 89.1 cm³/mol. The van der Waals surface area contributed by atoms with E-state index in [-0.39, 0.29) is 5.75 Å². The maximum atomic E-state index is 12.3. The third kappa shape index (κ3) is 3.55. The molecule has 0 bridgehead atoms. The van der Waals surface area contributed by atoms with E-state index in [0.29, 0.717) is 10.8 Å². The van der Waals surface area contributed by atoms with E-state index in [9.17, 15) is 8.42 Å². The fourth-order valence-electron chi connectivity index (χ4n) is 3.09. The number of aromatic nitrogens is 3. The molecule has 1 aromatic heterocycles. The van der Waals surface area contributed by atoms with Crippen molar-refractivity contribution < 1.29 is 8.42 Å². The molecule has 1 aliphatic rings. The molecule has 2 aromatic rings. The number of hydrogen-bond acceptors (Lipinski definition) is 5. The molecule has 1 aromatic carbocycles. The van der Waals surface area contributed by atoms with Gasteiger partial charge in [0.1, 0.15) is 0 Å². The molecule has 2 heterocycles. The molecule has 0 amide bonds. The lowest BCUT2D eigenvalue weighted by Crippen LogP contribution is -2.36. The summed E-state index contributed by atoms with van der Waals surface area (Å²) in [6.07, 6.45) is 5.64. The average molecular weight is 334 g/mol. The topological polar surface area (TPSA) is 68.1 Å². The van der Waals surface area contributed by atoms with E-state index in [0.717, 1.165) is 38.2 Å². The van der Waals surface area contributed by atoms with E-state index in [1.807, 2.05) is 23.0 Å². The molecule has 0 saturated carbocycles. The van der Waals surface area contributed by atoms with Gasteiger partial charge < -0.3 is 4.90 Å². The van der Waals surface area contributed by atoms with Gasteiger partial charge in [-0.05, 0) is 30.9 Å². The fourth-order valence-corrected chi connectivity index (χ4v) is 4.20. The van der Waals surface area contributed by atoms with Crippen LogP contribution in [0, 0.1) is 5.92 Å². The predicted octanol–water partition coefficient (Wildman–Crippen LogP) is 1.99. The monoisotopic (exact) mass is 334 g/mol. The van der Waals surface area contributed by atoms with Gasteiger partial charge in [-0.15, -0.1) is 5.10 Å². The summed E-state index contributed by atoms with van der Waals surface area (Å²) in [7, 11) is -3.20. The maximum Gasteiger partial charge on any atom is 0.180 e. The molecule has 23 heavy (non-hydrogen) atoms. The lowest BCUT2D eigenvalue weighted by Gasteiger charge is -2.34. The normalized spacial score (nSPS) is 16.7. The molecule has 124 valence electrons. The molecular formula is C16H22N4O2S. The Morgan fingerprint density at radius 3 is 2.61 bits per heavy atom. The standard InChI is InChI=1S/C16H22N4O2S/c1-2-23(21,22)16-6-4-3-5-15(16)19-10-7-14(8-11-19)13-20-12-9-17-18-20/h3-6,9,12,14H,2,7-8,10-11,13H2,1H3. The molecule has 0 N–H and O–H groups in total. The van der Waals surface area contributed by atoms with Crippen molar-refractivity contribution in [2.75, 3.05) is 23.7 Å². The van der Waals surface area contributed by atoms with Gasteiger partial charge in [0.2, 0.25) is 0 Å². The lowest BCUT2D eigenvalue weighted by atomic mass is 9.96. The second-order valence-corrected chi connectivity index (χ2v) is 8.17. The van der Waals surface area contributed by atoms with Gasteiger partial charge in [-0.2, -0.15) is 0 Å². The van der Waals surface area contributed by atoms with Crippen molar-refractivity contribution in [3.05, 3.63) is 36.7 Å². The van der Waals surface area contributed by atoms with E-state index in [1.54, 1.807) is 25.3 Å². The van der Waals surface area contributed by atoms with Crippen molar-refractivity contribution in [2.24, 2.45) is 5.92 Å². The van der Waals surface area contributed by atoms with E-state index in [2.05, 4.69) is 15.2 Å². The summed E-state index contributed by atoms with van der Waals surface area (Å²) >= 11 is 0. The molecular weight excluding hydrogens is 312 g/mol. The van der Waals surface area contributed by atoms with Gasteiger partial charge >= 0.3 is 0 Å². The number of rotatable bonds is 5. The Hall–Kier alpha value is -1.89. The van der Waals surface area contributed by atoms with Gasteiger partial charge in [0.05, 0.1) is 22.5 Å². The molecule has 0 spiro atoms. The van der Waals surface area contributed by atoms with E-state index < -0.39 is 9.84 Å². The summed E-state index contributed by atoms with van der Waals surface area (Å²) in [5.41, 5.74) is 0.841. The van der Waals surface area contributed by atoms with Crippen LogP contribution in [0.15, 0.2) is 41.6 Å². The van der Waals surface area contributed by atoms with Gasteiger partial charge in [-0.1, -0.05) is 24.3 Å². The van der Waals surface area contributed by atoms with Crippen LogP contribution in [-0.2, 0) is 16.4 Å². The first kappa shape index (κ1) is 16.0. The summed E-state index contributed by atoms with van der Waals surface area (Å²) in [5, 5.41) is 7.85. The SMILES string of the molecule is CCS(=O)(=O)c1ccccc1N1CCC(Cn2ccnn2)CC1. The van der Waals surface area contributed by atoms with E-state index in [4.69, 9.17) is 0 Å². The largest absolute Gasteiger partial charge is 0.370 e. The minimum absolute atomic E-state index is 0.132. The number of nitrogens with zero attached hydrogens (tertiary/aromatic N) is 4. The smallest absolute Gasteiger partial charge is 0.180 e. The first-order valence-corrected chi connectivity index (χ1v) is 9.66. The first-order chi connectivity index (χ1) is 11.1. The van der Waals surface area contributed by atoms with Gasteiger partial charge in [-0.25, -0.2) is 8.42 Å². The Labute approximate surface area is 137 Å². The highest BCUT2D eigenvalue weighted by Gasteiger charge is 2.24. The Balaban J connectivity index is 1.71. The second kappa shape index (κ2) is 6.70. The zero-order chi connectivity index (χ0) is 16.3. The van der Waals surface area contributed by atoms with Crippen molar-refractivity contribution in [3.8, 4) is 0 Å². The number of anilines is 1. The molecule has 0 aliphatic carbocycles. The van der Waals surface area contributed by atoms with Crippen LogP contribution in [0.25, 0.3) is 0 Å². The first-order valence-electron chi connectivity index (χ1n) is 8.01. The number of sulfone groups is 1. The van der Waals surface area contributed by atoms with Crippen LogP contribution in [0.4, 0.5) is 5.69 Å². The molecule has 3 rings (SSSR count). The molecule has 6 nitrogen and oxygen atoms in total. The summed E-state index contributed by atoms with van der Waals surface area (Å²) in [6.45, 7) is 4.31. The molecule has 1 saturated heterocycles. The van der Waals surface area contributed by atoms with Crippen LogP contribution >= 0.6 is 0 Å². The Bertz CT molecular complexity index is 735. The van der Waals surface area contributed by atoms with Gasteiger partial charge in [0.15, 0.2) is 9.84 Å². The van der Waals surface area contributed by atoms with Crippen molar-refractivity contribution in [1.29, 1.82) is 0 Å². The highest BCUT2D eigenvalue weighted by atomic mass is 32.2. The molecule has 0 atom stereocenters. The summed E-state index contributed by atoms with van der Waals surface area (Å²) in [5.74, 6) is 0.690. The van der Waals surface area contributed by atoms with Gasteiger partial charge in [0, 0.05) is 25.8 Å². The van der Waals surface area contributed by atoms with Crippen molar-refractivity contribution in [3.63, 3.8) is 0 Å². The zero-order valence-electron chi connectivity index (χ0n) is 13.3. The summed E-state index contributed by atoms with van der Waals surface area (Å²) < 4.78 is 26.5. The third-order valence-electron chi connectivity index (χ3n) is 4.45. The summed E-state index contributed by atoms with van der Waals surface area (Å²) in [6, 6.07) is 7.34. The second-order valence-electron chi connectivity index (χ2n) is 5.93. The van der Waals surface area contributed by atoms with Crippen LogP contribution in [0.1, 0.15) is 19.8 Å². The fraction of sp³-hybridized carbons (Fsp3) is 0.500. The zero-order valence-corrected chi connectivity index (χ0v) is 14.1. The Morgan fingerprint density at radius 1 is 1.22 bits per heavy atom. The summed E-state index contributed by atoms with van der Waals surface area (Å²) in [4.78, 5) is 2.65. The highest BCUT2D eigenvalue weighted by molar-refractivity contribution is 7.91. The minimum Gasteiger partial charge on any atom is -0.370 e. The molecule has 0 radical (unpaired) electrons. The highest BCUT2D eigenvalue weighted by Crippen LogP contribution is 2.30. The van der Waals surface area contributed by atoms with Crippen molar-refractivity contribution in [1.82, 2.24) is 15.0 Å². The van der Waals surface area contributed by atoms with Crippen LogP contribution in [-0.4, -0.2) is 42.3 Å². The lowest BCUT2D eigenvalue weighted by molar-refractivity contribution is 0.338. The van der Waals surface area contributed by atoms with Gasteiger partial charge in [-0.3, -0.25) is 4.68 Å². The van der Waals surface area contributed by atoms with Crippen molar-refractivity contribution in [2.45, 2.75) is 31.2 Å². The van der Waals surface area contributed by atoms with Crippen molar-refractivity contribution >= 4 is 15.5 Å². The van der Waals surface area contributed by atoms with E-state index >= 15 is 0 Å². The number of para-hydroxylation sites is 1. The molecule has 7 heteroatoms. The molecule has 1 fully saturated rings. The van der Waals surface area contributed by atoms with Crippen LogP contribution in [0.3, 0.4) is 0 Å². The quantitative estimate of drug-likeness (QED) is 0.836. The van der Waals surface area contributed by atoms with Crippen LogP contribution < -0.4 is 4.90 Å². The third-order valence-corrected chi connectivity index (χ3v) is 6.23. The Morgan fingerprint density at radius 2 is 1.96 bits per heavy atom. The van der Waals surface area contributed by atoms with Crippen LogP contribution in [0.2, 0.25) is 0 Å². The minimum atomic E-state index is -3.20. The molecule has 0 unspecified atom stereocenters. The number of benzene rings is 1. The average Bonchev–Trinajstić information content (AvgIpc) is 3.08. The maximum absolute atomic E-state index is 12.3. The van der Waals surface area contributed by atoms with E-state index in [1.165, 1.54) is 0 Å². The number of piperidine rings is 1. The number of hydrogen-bond donors (Lipinski definition) is 0. The van der Waals surface area contributed by atoms with Crippen LogP contribution in [0.5, 0.6) is 0 Å².